The number of halogens is 2. The third-order valence-corrected chi connectivity index (χ3v) is 5.54. The molecule has 122 valence electrons. The molecule has 0 heterocycles. The second-order valence-corrected chi connectivity index (χ2v) is 7.50. The summed E-state index contributed by atoms with van der Waals surface area (Å²) in [5, 5.41) is 0.157. The first-order valence-corrected chi connectivity index (χ1v) is 8.55. The molecular weight excluding hydrogens is 341 g/mol. The minimum Gasteiger partial charge on any atom is -0.295 e. The second-order valence-electron chi connectivity index (χ2n) is 5.05. The SMILES string of the molecule is CC(=O)c1cccc(S(=O)(=O)N(C)Cc2c(F)cccc2Cl)c1. The highest BCUT2D eigenvalue weighted by molar-refractivity contribution is 7.89. The molecular formula is C16H15ClFNO3S. The van der Waals surface area contributed by atoms with Crippen LogP contribution in [0.4, 0.5) is 4.39 Å². The topological polar surface area (TPSA) is 54.5 Å². The van der Waals surface area contributed by atoms with Crippen LogP contribution in [-0.2, 0) is 16.6 Å². The van der Waals surface area contributed by atoms with E-state index in [-0.39, 0.29) is 27.8 Å². The van der Waals surface area contributed by atoms with Crippen LogP contribution >= 0.6 is 11.6 Å². The maximum Gasteiger partial charge on any atom is 0.243 e. The van der Waals surface area contributed by atoms with Crippen LogP contribution < -0.4 is 0 Å². The fourth-order valence-corrected chi connectivity index (χ4v) is 3.45. The lowest BCUT2D eigenvalue weighted by Crippen LogP contribution is -2.27. The van der Waals surface area contributed by atoms with Crippen LogP contribution in [0.2, 0.25) is 5.02 Å². The van der Waals surface area contributed by atoms with Crippen LogP contribution in [0.1, 0.15) is 22.8 Å². The Hall–Kier alpha value is -1.76. The molecule has 0 N–H and O–H groups in total. The van der Waals surface area contributed by atoms with Crippen LogP contribution in [0.25, 0.3) is 0 Å². The summed E-state index contributed by atoms with van der Waals surface area (Å²) < 4.78 is 40.0. The number of sulfonamides is 1. The molecule has 2 aromatic carbocycles. The summed E-state index contributed by atoms with van der Waals surface area (Å²) in [5.74, 6) is -0.807. The number of carbonyl (C=O) groups is 1. The van der Waals surface area contributed by atoms with Gasteiger partial charge in [0.15, 0.2) is 5.78 Å². The van der Waals surface area contributed by atoms with Gasteiger partial charge in [0.05, 0.1) is 4.90 Å². The third-order valence-electron chi connectivity index (χ3n) is 3.39. The standard InChI is InChI=1S/C16H15ClFNO3S/c1-11(20)12-5-3-6-13(9-12)23(21,22)19(2)10-14-15(17)7-4-8-16(14)18/h3-9H,10H2,1-2H3. The Bertz CT molecular complexity index is 832. The Balaban J connectivity index is 2.36. The van der Waals surface area contributed by atoms with Gasteiger partial charge in [0.2, 0.25) is 10.0 Å². The number of nitrogens with zero attached hydrogens (tertiary/aromatic N) is 1. The number of rotatable bonds is 5. The molecule has 0 aliphatic heterocycles. The molecule has 0 aliphatic carbocycles. The number of Topliss-reactive ketones (excluding diaryl/α,β-unsaturated/α-hetero) is 1. The number of carbonyl (C=O) groups excluding carboxylic acids is 1. The van der Waals surface area contributed by atoms with Gasteiger partial charge in [-0.2, -0.15) is 4.31 Å². The van der Waals surface area contributed by atoms with E-state index in [1.807, 2.05) is 0 Å². The normalized spacial score (nSPS) is 11.7. The van der Waals surface area contributed by atoms with Gasteiger partial charge in [-0.05, 0) is 31.2 Å². The molecule has 0 spiro atoms. The smallest absolute Gasteiger partial charge is 0.243 e. The highest BCUT2D eigenvalue weighted by atomic mass is 35.5. The van der Waals surface area contributed by atoms with Crippen LogP contribution in [0.15, 0.2) is 47.4 Å². The molecule has 0 aliphatic rings. The van der Waals surface area contributed by atoms with Crippen molar-refractivity contribution in [2.24, 2.45) is 0 Å². The molecule has 0 fully saturated rings. The van der Waals surface area contributed by atoms with Crippen LogP contribution in [0, 0.1) is 5.82 Å². The average Bonchev–Trinajstić information content (AvgIpc) is 2.51. The number of ketones is 1. The lowest BCUT2D eigenvalue weighted by atomic mass is 10.2. The zero-order valence-electron chi connectivity index (χ0n) is 12.6. The van der Waals surface area contributed by atoms with Crippen molar-refractivity contribution in [3.63, 3.8) is 0 Å². The van der Waals surface area contributed by atoms with Gasteiger partial charge in [-0.25, -0.2) is 12.8 Å². The van der Waals surface area contributed by atoms with Crippen molar-refractivity contribution >= 4 is 27.4 Å². The van der Waals surface area contributed by atoms with Gasteiger partial charge in [-0.15, -0.1) is 0 Å². The van der Waals surface area contributed by atoms with Crippen molar-refractivity contribution in [3.05, 3.63) is 64.4 Å². The van der Waals surface area contributed by atoms with E-state index in [2.05, 4.69) is 0 Å². The van der Waals surface area contributed by atoms with Crippen molar-refractivity contribution in [1.29, 1.82) is 0 Å². The summed E-state index contributed by atoms with van der Waals surface area (Å²) >= 11 is 5.93. The molecule has 0 unspecified atom stereocenters. The summed E-state index contributed by atoms with van der Waals surface area (Å²) in [7, 11) is -2.54. The van der Waals surface area contributed by atoms with E-state index >= 15 is 0 Å². The van der Waals surface area contributed by atoms with E-state index in [4.69, 9.17) is 11.6 Å². The van der Waals surface area contributed by atoms with E-state index in [1.165, 1.54) is 56.4 Å². The molecule has 2 rings (SSSR count). The summed E-state index contributed by atoms with van der Waals surface area (Å²) in [5.41, 5.74) is 0.395. The van der Waals surface area contributed by atoms with Gasteiger partial charge >= 0.3 is 0 Å². The van der Waals surface area contributed by atoms with E-state index in [9.17, 15) is 17.6 Å². The molecule has 0 atom stereocenters. The fraction of sp³-hybridized carbons (Fsp3) is 0.188. The average molecular weight is 356 g/mol. The van der Waals surface area contributed by atoms with Gasteiger partial charge in [0, 0.05) is 29.7 Å². The molecule has 0 saturated heterocycles. The Kier molecular flexibility index (Phi) is 5.19. The first-order valence-electron chi connectivity index (χ1n) is 6.73. The van der Waals surface area contributed by atoms with Crippen molar-refractivity contribution in [2.45, 2.75) is 18.4 Å². The van der Waals surface area contributed by atoms with E-state index in [0.717, 1.165) is 4.31 Å². The number of hydrogen-bond donors (Lipinski definition) is 0. The van der Waals surface area contributed by atoms with Crippen LogP contribution in [0.5, 0.6) is 0 Å². The Labute approximate surface area is 139 Å². The zero-order valence-corrected chi connectivity index (χ0v) is 14.2. The van der Waals surface area contributed by atoms with E-state index in [1.54, 1.807) is 0 Å². The Morgan fingerprint density at radius 1 is 1.22 bits per heavy atom. The first-order chi connectivity index (χ1) is 10.7. The second kappa shape index (κ2) is 6.78. The molecule has 23 heavy (non-hydrogen) atoms. The predicted molar refractivity (Wildman–Crippen MR) is 86.5 cm³/mol. The van der Waals surface area contributed by atoms with E-state index in [0.29, 0.717) is 5.56 Å². The molecule has 0 radical (unpaired) electrons. The number of benzene rings is 2. The summed E-state index contributed by atoms with van der Waals surface area (Å²) in [4.78, 5) is 11.4. The van der Waals surface area contributed by atoms with Crippen LogP contribution in [0.3, 0.4) is 0 Å². The van der Waals surface area contributed by atoms with E-state index < -0.39 is 15.8 Å². The van der Waals surface area contributed by atoms with Crippen molar-refractivity contribution in [3.8, 4) is 0 Å². The molecule has 0 bridgehead atoms. The summed E-state index contributed by atoms with van der Waals surface area (Å²) in [6.07, 6.45) is 0. The minimum atomic E-state index is -3.87. The maximum absolute atomic E-state index is 13.8. The molecule has 0 aromatic heterocycles. The lowest BCUT2D eigenvalue weighted by molar-refractivity contribution is 0.101. The largest absolute Gasteiger partial charge is 0.295 e. The molecule has 0 saturated carbocycles. The zero-order chi connectivity index (χ0) is 17.2. The molecule has 7 heteroatoms. The van der Waals surface area contributed by atoms with Gasteiger partial charge in [0.25, 0.3) is 0 Å². The Morgan fingerprint density at radius 2 is 1.87 bits per heavy atom. The predicted octanol–water partition coefficient (Wildman–Crippen LogP) is 3.50. The molecule has 2 aromatic rings. The highest BCUT2D eigenvalue weighted by Gasteiger charge is 2.23. The molecule has 0 amide bonds. The Morgan fingerprint density at radius 3 is 2.48 bits per heavy atom. The quantitative estimate of drug-likeness (QED) is 0.771. The first kappa shape index (κ1) is 17.6. The lowest BCUT2D eigenvalue weighted by Gasteiger charge is -2.18. The maximum atomic E-state index is 13.8. The van der Waals surface area contributed by atoms with Crippen LogP contribution in [-0.4, -0.2) is 25.6 Å². The van der Waals surface area contributed by atoms with Gasteiger partial charge in [0.1, 0.15) is 5.82 Å². The van der Waals surface area contributed by atoms with Gasteiger partial charge in [-0.3, -0.25) is 4.79 Å². The van der Waals surface area contributed by atoms with Gasteiger partial charge in [-0.1, -0.05) is 29.8 Å². The molecule has 4 nitrogen and oxygen atoms in total. The summed E-state index contributed by atoms with van der Waals surface area (Å²) in [6, 6.07) is 9.89. The highest BCUT2D eigenvalue weighted by Crippen LogP contribution is 2.24. The summed E-state index contributed by atoms with van der Waals surface area (Å²) in [6.45, 7) is 1.15. The fourth-order valence-electron chi connectivity index (χ4n) is 2.05. The minimum absolute atomic E-state index is 0.0276. The van der Waals surface area contributed by atoms with Gasteiger partial charge < -0.3 is 0 Å². The third kappa shape index (κ3) is 3.77. The van der Waals surface area contributed by atoms with Crippen molar-refractivity contribution in [2.75, 3.05) is 7.05 Å². The van der Waals surface area contributed by atoms with Crippen molar-refractivity contribution < 1.29 is 17.6 Å². The number of hydrogen-bond acceptors (Lipinski definition) is 3. The van der Waals surface area contributed by atoms with Crippen molar-refractivity contribution in [1.82, 2.24) is 4.31 Å². The monoisotopic (exact) mass is 355 g/mol.